The number of rotatable bonds is 4. The van der Waals surface area contributed by atoms with Gasteiger partial charge in [-0.2, -0.15) is 9.78 Å². The summed E-state index contributed by atoms with van der Waals surface area (Å²) in [5.74, 6) is 1.07. The summed E-state index contributed by atoms with van der Waals surface area (Å²) in [4.78, 5) is 26.0. The lowest BCUT2D eigenvalue weighted by Gasteiger charge is -2.19. The van der Waals surface area contributed by atoms with Crippen molar-refractivity contribution in [1.82, 2.24) is 14.3 Å². The average molecular weight is 430 g/mol. The third-order valence-corrected chi connectivity index (χ3v) is 5.67. The fourth-order valence-electron chi connectivity index (χ4n) is 4.06. The molecule has 0 fully saturated rings. The number of carbonyl (C=O) groups excluding carboxylic acids is 1. The molecule has 1 N–H and O–H groups in total. The third kappa shape index (κ3) is 3.39. The monoisotopic (exact) mass is 430 g/mol. The molecule has 0 radical (unpaired) electrons. The van der Waals surface area contributed by atoms with Crippen LogP contribution in [0.4, 0.5) is 5.69 Å². The first-order valence-electron chi connectivity index (χ1n) is 10.4. The number of anilines is 1. The van der Waals surface area contributed by atoms with Gasteiger partial charge in [0.1, 0.15) is 19.8 Å². The molecule has 5 rings (SSSR count). The number of hydrogen-bond acceptors (Lipinski definition) is 5. The Labute approximate surface area is 184 Å². The molecule has 162 valence electrons. The molecule has 3 heterocycles. The number of nitrogens with zero attached hydrogens (tertiary/aromatic N) is 3. The van der Waals surface area contributed by atoms with Crippen LogP contribution in [0.3, 0.4) is 0 Å². The second kappa shape index (κ2) is 7.88. The molecule has 0 saturated carbocycles. The predicted octanol–water partition coefficient (Wildman–Crippen LogP) is 3.21. The van der Waals surface area contributed by atoms with Crippen LogP contribution < -0.4 is 20.3 Å². The van der Waals surface area contributed by atoms with E-state index in [4.69, 9.17) is 9.47 Å². The van der Waals surface area contributed by atoms with Crippen LogP contribution in [-0.4, -0.2) is 33.5 Å². The first kappa shape index (κ1) is 19.9. The molecule has 0 atom stereocenters. The van der Waals surface area contributed by atoms with E-state index in [2.05, 4.69) is 10.4 Å². The largest absolute Gasteiger partial charge is 0.486 e. The summed E-state index contributed by atoms with van der Waals surface area (Å²) < 4.78 is 14.3. The number of hydrogen-bond donors (Lipinski definition) is 1. The van der Waals surface area contributed by atoms with Gasteiger partial charge in [-0.1, -0.05) is 18.2 Å². The van der Waals surface area contributed by atoms with Gasteiger partial charge in [-0.3, -0.25) is 9.59 Å². The van der Waals surface area contributed by atoms with E-state index in [0.29, 0.717) is 41.5 Å². The standard InChI is InChI=1S/C24H22N4O4/c1-15-19-13-25-28(18-6-4-3-5-7-18)24(30)23(19)16(2)27(15)14-22(29)26-17-8-9-20-21(12-17)32-11-10-31-20/h3-9,12-13H,10-11,14H2,1-2H3,(H,26,29). The molecule has 32 heavy (non-hydrogen) atoms. The number of ether oxygens (including phenoxy) is 2. The number of aryl methyl sites for hydroxylation is 2. The molecule has 0 saturated heterocycles. The maximum atomic E-state index is 13.2. The number of fused-ring (bicyclic) bond motifs is 2. The van der Waals surface area contributed by atoms with Crippen LogP contribution in [-0.2, 0) is 11.3 Å². The molecular formula is C24H22N4O4. The molecule has 1 aliphatic rings. The van der Waals surface area contributed by atoms with Crippen molar-refractivity contribution in [3.05, 3.63) is 76.5 Å². The van der Waals surface area contributed by atoms with E-state index < -0.39 is 0 Å². The normalized spacial score (nSPS) is 12.7. The van der Waals surface area contributed by atoms with Gasteiger partial charge in [0.05, 0.1) is 17.3 Å². The van der Waals surface area contributed by atoms with Crippen molar-refractivity contribution >= 4 is 22.4 Å². The lowest BCUT2D eigenvalue weighted by molar-refractivity contribution is -0.116. The van der Waals surface area contributed by atoms with Crippen molar-refractivity contribution in [3.63, 3.8) is 0 Å². The van der Waals surface area contributed by atoms with E-state index in [1.807, 2.05) is 48.7 Å². The van der Waals surface area contributed by atoms with Crippen molar-refractivity contribution in [2.45, 2.75) is 20.4 Å². The van der Waals surface area contributed by atoms with Gasteiger partial charge in [0.25, 0.3) is 5.56 Å². The predicted molar refractivity (Wildman–Crippen MR) is 121 cm³/mol. The van der Waals surface area contributed by atoms with E-state index in [-0.39, 0.29) is 18.0 Å². The number of carbonyl (C=O) groups is 1. The van der Waals surface area contributed by atoms with Crippen LogP contribution >= 0.6 is 0 Å². The summed E-state index contributed by atoms with van der Waals surface area (Å²) >= 11 is 0. The van der Waals surface area contributed by atoms with Gasteiger partial charge in [-0.25, -0.2) is 0 Å². The zero-order chi connectivity index (χ0) is 22.2. The van der Waals surface area contributed by atoms with Crippen LogP contribution in [0.15, 0.2) is 59.5 Å². The fourth-order valence-corrected chi connectivity index (χ4v) is 4.06. The highest BCUT2D eigenvalue weighted by atomic mass is 16.6. The van der Waals surface area contributed by atoms with Gasteiger partial charge >= 0.3 is 0 Å². The Bertz CT molecular complexity index is 1390. The van der Waals surface area contributed by atoms with E-state index >= 15 is 0 Å². The van der Waals surface area contributed by atoms with Crippen LogP contribution in [0.1, 0.15) is 11.4 Å². The van der Waals surface area contributed by atoms with E-state index in [1.165, 1.54) is 4.68 Å². The van der Waals surface area contributed by atoms with Crippen LogP contribution in [0.2, 0.25) is 0 Å². The van der Waals surface area contributed by atoms with Crippen molar-refractivity contribution in [2.75, 3.05) is 18.5 Å². The maximum Gasteiger partial charge on any atom is 0.281 e. The molecule has 4 aromatic rings. The van der Waals surface area contributed by atoms with Gasteiger partial charge in [0, 0.05) is 28.5 Å². The third-order valence-electron chi connectivity index (χ3n) is 5.67. The summed E-state index contributed by atoms with van der Waals surface area (Å²) in [6.45, 7) is 4.81. The van der Waals surface area contributed by atoms with Crippen molar-refractivity contribution in [1.29, 1.82) is 0 Å². The number of amides is 1. The number of aromatic nitrogens is 3. The quantitative estimate of drug-likeness (QED) is 0.537. The Morgan fingerprint density at radius 3 is 2.56 bits per heavy atom. The minimum atomic E-state index is -0.208. The lowest BCUT2D eigenvalue weighted by atomic mass is 10.2. The minimum Gasteiger partial charge on any atom is -0.486 e. The molecule has 0 bridgehead atoms. The Balaban J connectivity index is 1.45. The van der Waals surface area contributed by atoms with Gasteiger partial charge in [-0.15, -0.1) is 0 Å². The van der Waals surface area contributed by atoms with Crippen molar-refractivity contribution in [2.24, 2.45) is 0 Å². The Kier molecular flexibility index (Phi) is 4.89. The van der Waals surface area contributed by atoms with Gasteiger partial charge < -0.3 is 19.4 Å². The Hall–Kier alpha value is -4.07. The maximum absolute atomic E-state index is 13.2. The Morgan fingerprint density at radius 2 is 1.78 bits per heavy atom. The van der Waals surface area contributed by atoms with Gasteiger partial charge in [0.2, 0.25) is 5.91 Å². The van der Waals surface area contributed by atoms with E-state index in [0.717, 1.165) is 16.8 Å². The molecule has 2 aromatic carbocycles. The summed E-state index contributed by atoms with van der Waals surface area (Å²) in [7, 11) is 0. The number of benzene rings is 2. The zero-order valence-electron chi connectivity index (χ0n) is 17.8. The number of nitrogens with one attached hydrogen (secondary N) is 1. The average Bonchev–Trinajstić information content (AvgIpc) is 3.05. The molecule has 1 amide bonds. The zero-order valence-corrected chi connectivity index (χ0v) is 17.8. The molecular weight excluding hydrogens is 408 g/mol. The van der Waals surface area contributed by atoms with Crippen LogP contribution in [0, 0.1) is 13.8 Å². The lowest BCUT2D eigenvalue weighted by Crippen LogP contribution is -2.22. The minimum absolute atomic E-state index is 0.0750. The first-order valence-corrected chi connectivity index (χ1v) is 10.4. The summed E-state index contributed by atoms with van der Waals surface area (Å²) in [5.41, 5.74) is 2.66. The molecule has 0 spiro atoms. The fraction of sp³-hybridized carbons (Fsp3) is 0.208. The van der Waals surface area contributed by atoms with Gasteiger partial charge in [-0.05, 0) is 38.1 Å². The first-order chi connectivity index (χ1) is 15.5. The summed E-state index contributed by atoms with van der Waals surface area (Å²) in [6.07, 6.45) is 1.68. The summed E-state index contributed by atoms with van der Waals surface area (Å²) in [5, 5.41) is 8.55. The van der Waals surface area contributed by atoms with Crippen molar-refractivity contribution < 1.29 is 14.3 Å². The number of para-hydroxylation sites is 1. The molecule has 1 aliphatic heterocycles. The highest BCUT2D eigenvalue weighted by Gasteiger charge is 2.19. The molecule has 2 aromatic heterocycles. The SMILES string of the molecule is Cc1c2cnn(-c3ccccc3)c(=O)c2c(C)n1CC(=O)Nc1ccc2c(c1)OCCO2. The van der Waals surface area contributed by atoms with Crippen molar-refractivity contribution in [3.8, 4) is 17.2 Å². The smallest absolute Gasteiger partial charge is 0.281 e. The van der Waals surface area contributed by atoms with Gasteiger partial charge in [0.15, 0.2) is 11.5 Å². The molecule has 0 aliphatic carbocycles. The molecule has 0 unspecified atom stereocenters. The Morgan fingerprint density at radius 1 is 1.03 bits per heavy atom. The molecule has 8 nitrogen and oxygen atoms in total. The second-order valence-electron chi connectivity index (χ2n) is 7.65. The highest BCUT2D eigenvalue weighted by Crippen LogP contribution is 2.32. The van der Waals surface area contributed by atoms with Crippen LogP contribution in [0.5, 0.6) is 11.5 Å². The van der Waals surface area contributed by atoms with E-state index in [9.17, 15) is 9.59 Å². The van der Waals surface area contributed by atoms with Crippen LogP contribution in [0.25, 0.3) is 16.5 Å². The summed E-state index contributed by atoms with van der Waals surface area (Å²) in [6, 6.07) is 14.6. The topological polar surface area (TPSA) is 87.4 Å². The second-order valence-corrected chi connectivity index (χ2v) is 7.65. The molecule has 8 heteroatoms. The van der Waals surface area contributed by atoms with E-state index in [1.54, 1.807) is 24.4 Å². The highest BCUT2D eigenvalue weighted by molar-refractivity contribution is 5.93.